The first-order valence-electron chi connectivity index (χ1n) is 4.65. The third-order valence-corrected chi connectivity index (χ3v) is 2.10. The second-order valence-corrected chi connectivity index (χ2v) is 3.62. The second-order valence-electron chi connectivity index (χ2n) is 3.62. The highest BCUT2D eigenvalue weighted by Crippen LogP contribution is 2.15. The van der Waals surface area contributed by atoms with Gasteiger partial charge in [0.05, 0.1) is 0 Å². The Hall–Kier alpha value is -1.02. The van der Waals surface area contributed by atoms with Gasteiger partial charge in [0.25, 0.3) is 0 Å². The normalized spacial score (nSPS) is 10.8. The van der Waals surface area contributed by atoms with E-state index in [0.29, 0.717) is 0 Å². The Kier molecular flexibility index (Phi) is 3.32. The van der Waals surface area contributed by atoms with E-state index in [1.54, 1.807) is 0 Å². The molecule has 0 aliphatic heterocycles. The fraction of sp³-hybridized carbons (Fsp3) is 0.455. The van der Waals surface area contributed by atoms with E-state index in [1.807, 2.05) is 6.07 Å². The largest absolute Gasteiger partial charge is 0.398 e. The minimum absolute atomic E-state index is 0.894. The molecule has 1 rings (SSSR count). The third-order valence-electron chi connectivity index (χ3n) is 2.10. The molecule has 72 valence electrons. The minimum Gasteiger partial charge on any atom is -0.398 e. The maximum Gasteiger partial charge on any atom is 0.0359 e. The molecule has 0 saturated heterocycles. The van der Waals surface area contributed by atoms with Gasteiger partial charge in [-0.3, -0.25) is 0 Å². The van der Waals surface area contributed by atoms with Crippen molar-refractivity contribution in [2.75, 3.05) is 19.8 Å². The van der Waals surface area contributed by atoms with E-state index in [4.69, 9.17) is 5.73 Å². The number of hydrogen-bond donors (Lipinski definition) is 1. The van der Waals surface area contributed by atoms with Gasteiger partial charge in [-0.15, -0.1) is 0 Å². The Bertz CT molecular complexity index is 279. The average molecular weight is 178 g/mol. The molecule has 0 unspecified atom stereocenters. The van der Waals surface area contributed by atoms with Gasteiger partial charge in [0.1, 0.15) is 0 Å². The number of nitrogens with zero attached hydrogens (tertiary/aromatic N) is 1. The van der Waals surface area contributed by atoms with E-state index in [2.05, 4.69) is 38.1 Å². The lowest BCUT2D eigenvalue weighted by Crippen LogP contribution is -2.12. The van der Waals surface area contributed by atoms with Crippen LogP contribution in [0, 0.1) is 0 Å². The maximum absolute atomic E-state index is 5.87. The summed E-state index contributed by atoms with van der Waals surface area (Å²) in [5.74, 6) is 0. The van der Waals surface area contributed by atoms with Gasteiger partial charge >= 0.3 is 0 Å². The molecule has 0 aliphatic carbocycles. The van der Waals surface area contributed by atoms with Crippen LogP contribution in [-0.4, -0.2) is 19.0 Å². The van der Waals surface area contributed by atoms with Gasteiger partial charge in [0, 0.05) is 12.2 Å². The molecule has 0 aliphatic rings. The zero-order chi connectivity index (χ0) is 9.84. The molecule has 0 heterocycles. The van der Waals surface area contributed by atoms with E-state index in [1.165, 1.54) is 11.1 Å². The van der Waals surface area contributed by atoms with Crippen LogP contribution >= 0.6 is 0 Å². The summed E-state index contributed by atoms with van der Waals surface area (Å²) in [4.78, 5) is 2.13. The van der Waals surface area contributed by atoms with Crippen molar-refractivity contribution in [1.82, 2.24) is 4.90 Å². The molecule has 2 nitrogen and oxygen atoms in total. The average Bonchev–Trinajstić information content (AvgIpc) is 2.08. The smallest absolute Gasteiger partial charge is 0.0359 e. The zero-order valence-corrected chi connectivity index (χ0v) is 8.67. The summed E-state index contributed by atoms with van der Waals surface area (Å²) >= 11 is 0. The standard InChI is InChI=1S/C11H18N2/c1-4-9-5-6-11(12)10(7-9)8-13(2)3/h5-7H,4,8,12H2,1-3H3. The number of anilines is 1. The number of benzene rings is 1. The Labute approximate surface area is 80.4 Å². The number of hydrogen-bond acceptors (Lipinski definition) is 2. The van der Waals surface area contributed by atoms with Crippen molar-refractivity contribution in [3.8, 4) is 0 Å². The monoisotopic (exact) mass is 178 g/mol. The van der Waals surface area contributed by atoms with Crippen molar-refractivity contribution >= 4 is 5.69 Å². The highest BCUT2D eigenvalue weighted by atomic mass is 15.0. The van der Waals surface area contributed by atoms with E-state index in [-0.39, 0.29) is 0 Å². The van der Waals surface area contributed by atoms with Gasteiger partial charge in [0.15, 0.2) is 0 Å². The fourth-order valence-corrected chi connectivity index (χ4v) is 1.36. The lowest BCUT2D eigenvalue weighted by molar-refractivity contribution is 0.403. The molecular formula is C11H18N2. The molecule has 0 saturated carbocycles. The lowest BCUT2D eigenvalue weighted by atomic mass is 10.1. The number of nitrogens with two attached hydrogens (primary N) is 1. The summed E-state index contributed by atoms with van der Waals surface area (Å²) in [6, 6.07) is 6.28. The SMILES string of the molecule is CCc1ccc(N)c(CN(C)C)c1. The van der Waals surface area contributed by atoms with E-state index >= 15 is 0 Å². The van der Waals surface area contributed by atoms with Crippen molar-refractivity contribution in [1.29, 1.82) is 0 Å². The van der Waals surface area contributed by atoms with Gasteiger partial charge < -0.3 is 10.6 Å². The van der Waals surface area contributed by atoms with Crippen LogP contribution in [-0.2, 0) is 13.0 Å². The molecule has 0 aromatic heterocycles. The Balaban J connectivity index is 2.90. The molecule has 0 fully saturated rings. The number of rotatable bonds is 3. The molecule has 0 atom stereocenters. The molecule has 0 radical (unpaired) electrons. The zero-order valence-electron chi connectivity index (χ0n) is 8.67. The van der Waals surface area contributed by atoms with E-state index in [0.717, 1.165) is 18.7 Å². The lowest BCUT2D eigenvalue weighted by Gasteiger charge is -2.12. The third kappa shape index (κ3) is 2.74. The fourth-order valence-electron chi connectivity index (χ4n) is 1.36. The molecule has 13 heavy (non-hydrogen) atoms. The Morgan fingerprint density at radius 1 is 1.31 bits per heavy atom. The van der Waals surface area contributed by atoms with Crippen molar-refractivity contribution in [2.24, 2.45) is 0 Å². The Morgan fingerprint density at radius 3 is 2.54 bits per heavy atom. The number of aryl methyl sites for hydroxylation is 1. The van der Waals surface area contributed by atoms with Crippen LogP contribution in [0.15, 0.2) is 18.2 Å². The van der Waals surface area contributed by atoms with Gasteiger partial charge in [0.2, 0.25) is 0 Å². The molecule has 2 heteroatoms. The van der Waals surface area contributed by atoms with Crippen LogP contribution in [0.25, 0.3) is 0 Å². The first kappa shape index (κ1) is 10.1. The van der Waals surface area contributed by atoms with Crippen molar-refractivity contribution in [2.45, 2.75) is 19.9 Å². The van der Waals surface area contributed by atoms with Crippen LogP contribution in [0.3, 0.4) is 0 Å². The molecule has 1 aromatic rings. The molecule has 0 spiro atoms. The topological polar surface area (TPSA) is 29.3 Å². The molecular weight excluding hydrogens is 160 g/mol. The summed E-state index contributed by atoms with van der Waals surface area (Å²) in [5.41, 5.74) is 9.34. The highest BCUT2D eigenvalue weighted by Gasteiger charge is 2.01. The predicted molar refractivity (Wildman–Crippen MR) is 57.6 cm³/mol. The van der Waals surface area contributed by atoms with Gasteiger partial charge in [-0.25, -0.2) is 0 Å². The van der Waals surface area contributed by atoms with Crippen LogP contribution in [0.2, 0.25) is 0 Å². The van der Waals surface area contributed by atoms with Crippen molar-refractivity contribution < 1.29 is 0 Å². The van der Waals surface area contributed by atoms with Crippen LogP contribution < -0.4 is 5.73 Å². The summed E-state index contributed by atoms with van der Waals surface area (Å²) in [6.07, 6.45) is 1.07. The van der Waals surface area contributed by atoms with Gasteiger partial charge in [-0.1, -0.05) is 19.1 Å². The summed E-state index contributed by atoms with van der Waals surface area (Å²) in [7, 11) is 4.11. The minimum atomic E-state index is 0.894. The molecule has 0 amide bonds. The predicted octanol–water partition coefficient (Wildman–Crippen LogP) is 1.89. The van der Waals surface area contributed by atoms with Gasteiger partial charge in [-0.05, 0) is 37.7 Å². The second kappa shape index (κ2) is 4.28. The molecule has 0 bridgehead atoms. The van der Waals surface area contributed by atoms with Crippen LogP contribution in [0.1, 0.15) is 18.1 Å². The van der Waals surface area contributed by atoms with Crippen molar-refractivity contribution in [3.05, 3.63) is 29.3 Å². The van der Waals surface area contributed by atoms with Crippen LogP contribution in [0.4, 0.5) is 5.69 Å². The summed E-state index contributed by atoms with van der Waals surface area (Å²) in [6.45, 7) is 3.07. The van der Waals surface area contributed by atoms with Crippen LogP contribution in [0.5, 0.6) is 0 Å². The summed E-state index contributed by atoms with van der Waals surface area (Å²) < 4.78 is 0. The molecule has 1 aromatic carbocycles. The van der Waals surface area contributed by atoms with Crippen molar-refractivity contribution in [3.63, 3.8) is 0 Å². The first-order valence-corrected chi connectivity index (χ1v) is 4.65. The first-order chi connectivity index (χ1) is 6.13. The van der Waals surface area contributed by atoms with E-state index in [9.17, 15) is 0 Å². The molecule has 2 N–H and O–H groups in total. The maximum atomic E-state index is 5.87. The summed E-state index contributed by atoms with van der Waals surface area (Å²) in [5, 5.41) is 0. The number of nitrogen functional groups attached to an aromatic ring is 1. The van der Waals surface area contributed by atoms with Gasteiger partial charge in [-0.2, -0.15) is 0 Å². The highest BCUT2D eigenvalue weighted by molar-refractivity contribution is 5.48. The van der Waals surface area contributed by atoms with E-state index < -0.39 is 0 Å². The quantitative estimate of drug-likeness (QED) is 0.716. The Morgan fingerprint density at radius 2 is 2.00 bits per heavy atom.